The van der Waals surface area contributed by atoms with Gasteiger partial charge in [-0.1, -0.05) is 24.3 Å². The highest BCUT2D eigenvalue weighted by Crippen LogP contribution is 2.12. The number of benzene rings is 2. The van der Waals surface area contributed by atoms with Crippen LogP contribution < -0.4 is 10.2 Å². The number of nitrogens with one attached hydrogen (secondary N) is 1. The van der Waals surface area contributed by atoms with Crippen LogP contribution in [0.2, 0.25) is 0 Å². The number of rotatable bonds is 6. The maximum Gasteiger partial charge on any atom is 0.220 e. The van der Waals surface area contributed by atoms with Gasteiger partial charge in [-0.3, -0.25) is 4.79 Å². The van der Waals surface area contributed by atoms with Crippen molar-refractivity contribution in [3.05, 3.63) is 65.5 Å². The Labute approximate surface area is 130 Å². The molecule has 0 aliphatic carbocycles. The van der Waals surface area contributed by atoms with Gasteiger partial charge in [0.2, 0.25) is 5.91 Å². The first kappa shape index (κ1) is 16.0. The monoisotopic (exact) mass is 300 g/mol. The lowest BCUT2D eigenvalue weighted by Crippen LogP contribution is -2.23. The Morgan fingerprint density at radius 2 is 1.59 bits per heavy atom. The minimum absolute atomic E-state index is 0.000936. The van der Waals surface area contributed by atoms with E-state index in [2.05, 4.69) is 5.32 Å². The van der Waals surface area contributed by atoms with Crippen molar-refractivity contribution in [1.29, 1.82) is 0 Å². The SMILES string of the molecule is CN(C)c1ccc(CNC(=O)CCc2ccc(F)cc2)cc1. The standard InChI is InChI=1S/C18H21FN2O/c1-21(2)17-10-5-15(6-11-17)13-20-18(22)12-7-14-3-8-16(19)9-4-14/h3-6,8-11H,7,12-13H2,1-2H3,(H,20,22). The van der Waals surface area contributed by atoms with Crippen LogP contribution in [-0.4, -0.2) is 20.0 Å². The van der Waals surface area contributed by atoms with E-state index in [4.69, 9.17) is 0 Å². The predicted octanol–water partition coefficient (Wildman–Crippen LogP) is 3.14. The molecule has 0 spiro atoms. The van der Waals surface area contributed by atoms with Crippen LogP contribution in [-0.2, 0) is 17.8 Å². The van der Waals surface area contributed by atoms with Crippen LogP contribution in [0.4, 0.5) is 10.1 Å². The second kappa shape index (κ2) is 7.59. The molecule has 0 fully saturated rings. The summed E-state index contributed by atoms with van der Waals surface area (Å²) in [4.78, 5) is 13.9. The molecule has 2 aromatic carbocycles. The lowest BCUT2D eigenvalue weighted by Gasteiger charge is -2.13. The normalized spacial score (nSPS) is 10.3. The third-order valence-corrected chi connectivity index (χ3v) is 3.50. The Bertz CT molecular complexity index is 606. The van der Waals surface area contributed by atoms with Crippen molar-refractivity contribution in [2.24, 2.45) is 0 Å². The molecule has 0 aromatic heterocycles. The number of anilines is 1. The van der Waals surface area contributed by atoms with Gasteiger partial charge in [-0.2, -0.15) is 0 Å². The number of hydrogen-bond donors (Lipinski definition) is 1. The Kier molecular flexibility index (Phi) is 5.53. The molecule has 1 amide bonds. The molecule has 2 aromatic rings. The number of amides is 1. The summed E-state index contributed by atoms with van der Waals surface area (Å²) in [5, 5.41) is 2.90. The topological polar surface area (TPSA) is 32.3 Å². The summed E-state index contributed by atoms with van der Waals surface area (Å²) in [7, 11) is 3.98. The van der Waals surface area contributed by atoms with E-state index in [0.717, 1.165) is 16.8 Å². The third-order valence-electron chi connectivity index (χ3n) is 3.50. The molecule has 0 atom stereocenters. The van der Waals surface area contributed by atoms with Crippen LogP contribution >= 0.6 is 0 Å². The van der Waals surface area contributed by atoms with E-state index in [1.807, 2.05) is 43.3 Å². The number of hydrogen-bond acceptors (Lipinski definition) is 2. The van der Waals surface area contributed by atoms with Gasteiger partial charge in [0.25, 0.3) is 0 Å². The Morgan fingerprint density at radius 3 is 2.18 bits per heavy atom. The first-order chi connectivity index (χ1) is 10.5. The van der Waals surface area contributed by atoms with E-state index in [0.29, 0.717) is 19.4 Å². The van der Waals surface area contributed by atoms with E-state index in [9.17, 15) is 9.18 Å². The fourth-order valence-electron chi connectivity index (χ4n) is 2.11. The second-order valence-electron chi connectivity index (χ2n) is 5.46. The van der Waals surface area contributed by atoms with Crippen LogP contribution in [0.3, 0.4) is 0 Å². The highest BCUT2D eigenvalue weighted by Gasteiger charge is 2.03. The molecule has 0 heterocycles. The van der Waals surface area contributed by atoms with Crippen molar-refractivity contribution in [1.82, 2.24) is 5.32 Å². The van der Waals surface area contributed by atoms with Gasteiger partial charge in [0.1, 0.15) is 5.82 Å². The summed E-state index contributed by atoms with van der Waals surface area (Å²) < 4.78 is 12.8. The smallest absolute Gasteiger partial charge is 0.220 e. The Hall–Kier alpha value is -2.36. The largest absolute Gasteiger partial charge is 0.378 e. The van der Waals surface area contributed by atoms with E-state index in [-0.39, 0.29) is 11.7 Å². The van der Waals surface area contributed by atoms with E-state index < -0.39 is 0 Å². The molecular formula is C18H21FN2O. The summed E-state index contributed by atoms with van der Waals surface area (Å²) in [5.41, 5.74) is 3.17. The molecule has 0 radical (unpaired) electrons. The van der Waals surface area contributed by atoms with Gasteiger partial charge in [-0.25, -0.2) is 4.39 Å². The summed E-state index contributed by atoms with van der Waals surface area (Å²) in [6.07, 6.45) is 1.02. The minimum atomic E-state index is -0.255. The van der Waals surface area contributed by atoms with Gasteiger partial charge >= 0.3 is 0 Å². The van der Waals surface area contributed by atoms with Crippen molar-refractivity contribution in [3.8, 4) is 0 Å². The minimum Gasteiger partial charge on any atom is -0.378 e. The fraction of sp³-hybridized carbons (Fsp3) is 0.278. The van der Waals surface area contributed by atoms with Gasteiger partial charge in [-0.05, 0) is 41.8 Å². The number of halogens is 1. The molecular weight excluding hydrogens is 279 g/mol. The molecule has 0 saturated carbocycles. The van der Waals surface area contributed by atoms with Gasteiger partial charge in [-0.15, -0.1) is 0 Å². The molecule has 0 aliphatic heterocycles. The zero-order chi connectivity index (χ0) is 15.9. The lowest BCUT2D eigenvalue weighted by molar-refractivity contribution is -0.121. The Balaban J connectivity index is 1.76. The molecule has 4 heteroatoms. The van der Waals surface area contributed by atoms with Crippen molar-refractivity contribution in [2.45, 2.75) is 19.4 Å². The van der Waals surface area contributed by atoms with Crippen molar-refractivity contribution < 1.29 is 9.18 Å². The molecule has 0 saturated heterocycles. The summed E-state index contributed by atoms with van der Waals surface area (Å²) in [6, 6.07) is 14.3. The predicted molar refractivity (Wildman–Crippen MR) is 87.3 cm³/mol. The van der Waals surface area contributed by atoms with Crippen LogP contribution in [0.5, 0.6) is 0 Å². The third kappa shape index (κ3) is 4.88. The molecule has 116 valence electrons. The average Bonchev–Trinajstić information content (AvgIpc) is 2.52. The number of carbonyl (C=O) groups excluding carboxylic acids is 1. The lowest BCUT2D eigenvalue weighted by atomic mass is 10.1. The van der Waals surface area contributed by atoms with Crippen molar-refractivity contribution in [2.75, 3.05) is 19.0 Å². The van der Waals surface area contributed by atoms with Crippen molar-refractivity contribution >= 4 is 11.6 Å². The Morgan fingerprint density at radius 1 is 1.00 bits per heavy atom. The van der Waals surface area contributed by atoms with Crippen LogP contribution in [0.25, 0.3) is 0 Å². The van der Waals surface area contributed by atoms with Gasteiger partial charge in [0.15, 0.2) is 0 Å². The van der Waals surface area contributed by atoms with E-state index in [1.54, 1.807) is 12.1 Å². The second-order valence-corrected chi connectivity index (χ2v) is 5.46. The van der Waals surface area contributed by atoms with Crippen LogP contribution in [0.15, 0.2) is 48.5 Å². The van der Waals surface area contributed by atoms with Gasteiger partial charge in [0.05, 0.1) is 0 Å². The number of nitrogens with zero attached hydrogens (tertiary/aromatic N) is 1. The quantitative estimate of drug-likeness (QED) is 0.889. The molecule has 0 unspecified atom stereocenters. The average molecular weight is 300 g/mol. The summed E-state index contributed by atoms with van der Waals surface area (Å²) >= 11 is 0. The zero-order valence-corrected chi connectivity index (χ0v) is 13.0. The number of carbonyl (C=O) groups is 1. The van der Waals surface area contributed by atoms with Gasteiger partial charge in [0, 0.05) is 32.7 Å². The highest BCUT2D eigenvalue weighted by molar-refractivity contribution is 5.76. The molecule has 22 heavy (non-hydrogen) atoms. The molecule has 1 N–H and O–H groups in total. The first-order valence-corrected chi connectivity index (χ1v) is 7.32. The molecule has 2 rings (SSSR count). The highest BCUT2D eigenvalue weighted by atomic mass is 19.1. The fourth-order valence-corrected chi connectivity index (χ4v) is 2.11. The zero-order valence-electron chi connectivity index (χ0n) is 13.0. The molecule has 0 aliphatic rings. The van der Waals surface area contributed by atoms with Crippen LogP contribution in [0, 0.1) is 5.82 Å². The number of aryl methyl sites for hydroxylation is 1. The summed E-state index contributed by atoms with van der Waals surface area (Å²) in [6.45, 7) is 0.524. The maximum atomic E-state index is 12.8. The summed E-state index contributed by atoms with van der Waals surface area (Å²) in [5.74, 6) is -0.254. The molecule has 3 nitrogen and oxygen atoms in total. The molecule has 0 bridgehead atoms. The van der Waals surface area contributed by atoms with Crippen LogP contribution in [0.1, 0.15) is 17.5 Å². The maximum absolute atomic E-state index is 12.8. The van der Waals surface area contributed by atoms with Crippen molar-refractivity contribution in [3.63, 3.8) is 0 Å². The first-order valence-electron chi connectivity index (χ1n) is 7.32. The van der Waals surface area contributed by atoms with E-state index >= 15 is 0 Å². The van der Waals surface area contributed by atoms with Gasteiger partial charge < -0.3 is 10.2 Å². The van der Waals surface area contributed by atoms with E-state index in [1.165, 1.54) is 12.1 Å².